The van der Waals surface area contributed by atoms with Gasteiger partial charge in [0.05, 0.1) is 6.10 Å². The molecule has 0 heterocycles. The maximum absolute atomic E-state index is 9.59. The molecule has 1 nitrogen and oxygen atoms in total. The van der Waals surface area contributed by atoms with Crippen molar-refractivity contribution in [3.8, 4) is 0 Å². The van der Waals surface area contributed by atoms with Crippen molar-refractivity contribution < 1.29 is 5.11 Å². The van der Waals surface area contributed by atoms with Gasteiger partial charge in [0.25, 0.3) is 0 Å². The van der Waals surface area contributed by atoms with E-state index in [9.17, 15) is 5.11 Å². The minimum absolute atomic E-state index is 0.0902. The molecule has 0 aromatic carbocycles. The van der Waals surface area contributed by atoms with Crippen LogP contribution >= 0.6 is 0 Å². The van der Waals surface area contributed by atoms with Crippen LogP contribution in [0.15, 0.2) is 49.6 Å². The van der Waals surface area contributed by atoms with Gasteiger partial charge in [-0.3, -0.25) is 0 Å². The molecule has 0 saturated heterocycles. The molecule has 2 atom stereocenters. The van der Waals surface area contributed by atoms with Gasteiger partial charge in [0, 0.05) is 5.92 Å². The van der Waals surface area contributed by atoms with Crippen LogP contribution in [0.25, 0.3) is 0 Å². The molecule has 0 bridgehead atoms. The molecular weight excluding hydrogens is 160 g/mol. The van der Waals surface area contributed by atoms with Crippen molar-refractivity contribution in [3.63, 3.8) is 0 Å². The number of rotatable bonds is 6. The summed E-state index contributed by atoms with van der Waals surface area (Å²) in [4.78, 5) is 0. The monoisotopic (exact) mass is 178 g/mol. The van der Waals surface area contributed by atoms with E-state index in [-0.39, 0.29) is 5.92 Å². The van der Waals surface area contributed by atoms with Crippen LogP contribution in [-0.4, -0.2) is 11.2 Å². The molecule has 0 rings (SSSR count). The first kappa shape index (κ1) is 11.9. The van der Waals surface area contributed by atoms with E-state index in [0.29, 0.717) is 0 Å². The van der Waals surface area contributed by atoms with Gasteiger partial charge in [-0.25, -0.2) is 0 Å². The standard InChI is InChI=1S/C12H18O/c1-4-7-8-10-11(6-3)12(13)9-5-2/h4-9,11-13H,1,3,10H2,2H3. The molecule has 0 aliphatic rings. The number of hydrogen-bond acceptors (Lipinski definition) is 1. The maximum Gasteiger partial charge on any atom is 0.0786 e. The summed E-state index contributed by atoms with van der Waals surface area (Å²) in [5.41, 5.74) is 0. The molecule has 0 spiro atoms. The third kappa shape index (κ3) is 5.21. The van der Waals surface area contributed by atoms with Crippen molar-refractivity contribution in [2.45, 2.75) is 19.4 Å². The van der Waals surface area contributed by atoms with Crippen molar-refractivity contribution in [1.82, 2.24) is 0 Å². The third-order valence-electron chi connectivity index (χ3n) is 1.81. The van der Waals surface area contributed by atoms with Gasteiger partial charge in [0.2, 0.25) is 0 Å². The van der Waals surface area contributed by atoms with Crippen LogP contribution in [0, 0.1) is 5.92 Å². The fourth-order valence-corrected chi connectivity index (χ4v) is 1.05. The lowest BCUT2D eigenvalue weighted by atomic mass is 9.98. The smallest absolute Gasteiger partial charge is 0.0786 e. The first-order valence-corrected chi connectivity index (χ1v) is 4.47. The van der Waals surface area contributed by atoms with Crippen molar-refractivity contribution in [3.05, 3.63) is 49.6 Å². The molecule has 1 N–H and O–H groups in total. The van der Waals surface area contributed by atoms with E-state index in [1.165, 1.54) is 0 Å². The normalized spacial score (nSPS) is 16.2. The van der Waals surface area contributed by atoms with Crippen molar-refractivity contribution >= 4 is 0 Å². The lowest BCUT2D eigenvalue weighted by molar-refractivity contribution is 0.178. The molecule has 0 aliphatic heterocycles. The average molecular weight is 178 g/mol. The Bertz CT molecular complexity index is 201. The molecule has 13 heavy (non-hydrogen) atoms. The van der Waals surface area contributed by atoms with Gasteiger partial charge in [-0.1, -0.05) is 43.0 Å². The quantitative estimate of drug-likeness (QED) is 0.490. The summed E-state index contributed by atoms with van der Waals surface area (Å²) in [6, 6.07) is 0. The molecule has 0 amide bonds. The summed E-state index contributed by atoms with van der Waals surface area (Å²) in [5.74, 6) is 0.0902. The zero-order chi connectivity index (χ0) is 10.1. The first-order chi connectivity index (χ1) is 6.26. The largest absolute Gasteiger partial charge is 0.388 e. The Kier molecular flexibility index (Phi) is 6.93. The lowest BCUT2D eigenvalue weighted by Gasteiger charge is -2.13. The van der Waals surface area contributed by atoms with E-state index in [4.69, 9.17) is 0 Å². The third-order valence-corrected chi connectivity index (χ3v) is 1.81. The van der Waals surface area contributed by atoms with Gasteiger partial charge in [0.1, 0.15) is 0 Å². The highest BCUT2D eigenvalue weighted by Gasteiger charge is 2.10. The fraction of sp³-hybridized carbons (Fsp3) is 0.333. The van der Waals surface area contributed by atoms with Crippen LogP contribution in [0.4, 0.5) is 0 Å². The Morgan fingerprint density at radius 1 is 1.38 bits per heavy atom. The molecular formula is C12H18O. The van der Waals surface area contributed by atoms with Gasteiger partial charge in [-0.2, -0.15) is 0 Å². The second kappa shape index (κ2) is 7.56. The average Bonchev–Trinajstić information content (AvgIpc) is 2.13. The molecule has 0 saturated carbocycles. The highest BCUT2D eigenvalue weighted by molar-refractivity contribution is 5.03. The van der Waals surface area contributed by atoms with E-state index in [1.807, 2.05) is 25.2 Å². The van der Waals surface area contributed by atoms with E-state index >= 15 is 0 Å². The predicted octanol–water partition coefficient (Wildman–Crippen LogP) is 2.86. The molecule has 1 heteroatoms. The van der Waals surface area contributed by atoms with Crippen molar-refractivity contribution in [1.29, 1.82) is 0 Å². The fourth-order valence-electron chi connectivity index (χ4n) is 1.05. The molecule has 0 aromatic heterocycles. The second-order valence-electron chi connectivity index (χ2n) is 2.82. The highest BCUT2D eigenvalue weighted by atomic mass is 16.3. The molecule has 2 unspecified atom stereocenters. The molecule has 72 valence electrons. The molecule has 0 radical (unpaired) electrons. The van der Waals surface area contributed by atoms with Crippen LogP contribution in [0.3, 0.4) is 0 Å². The Hall–Kier alpha value is -1.08. The van der Waals surface area contributed by atoms with E-state index < -0.39 is 6.10 Å². The lowest BCUT2D eigenvalue weighted by Crippen LogP contribution is -2.14. The van der Waals surface area contributed by atoms with Crippen LogP contribution in [0.1, 0.15) is 13.3 Å². The Balaban J connectivity index is 4.08. The van der Waals surface area contributed by atoms with Crippen LogP contribution < -0.4 is 0 Å². The Morgan fingerprint density at radius 3 is 2.54 bits per heavy atom. The van der Waals surface area contributed by atoms with E-state index in [2.05, 4.69) is 13.2 Å². The van der Waals surface area contributed by atoms with Gasteiger partial charge in [-0.15, -0.1) is 6.58 Å². The minimum atomic E-state index is -0.433. The summed E-state index contributed by atoms with van der Waals surface area (Å²) < 4.78 is 0. The Morgan fingerprint density at radius 2 is 2.08 bits per heavy atom. The second-order valence-corrected chi connectivity index (χ2v) is 2.82. The van der Waals surface area contributed by atoms with Crippen LogP contribution in [0.2, 0.25) is 0 Å². The highest BCUT2D eigenvalue weighted by Crippen LogP contribution is 2.12. The van der Waals surface area contributed by atoms with Crippen molar-refractivity contribution in [2.24, 2.45) is 5.92 Å². The SMILES string of the molecule is C=CC=CCC(C=C)C(O)C=CC. The van der Waals surface area contributed by atoms with Gasteiger partial charge in [-0.05, 0) is 13.3 Å². The van der Waals surface area contributed by atoms with Gasteiger partial charge >= 0.3 is 0 Å². The summed E-state index contributed by atoms with van der Waals surface area (Å²) in [5, 5.41) is 9.59. The number of allylic oxidation sites excluding steroid dienone is 4. The van der Waals surface area contributed by atoms with Crippen LogP contribution in [0.5, 0.6) is 0 Å². The molecule has 0 fully saturated rings. The summed E-state index contributed by atoms with van der Waals surface area (Å²) in [6.45, 7) is 9.16. The summed E-state index contributed by atoms with van der Waals surface area (Å²) in [6.07, 6.45) is 11.3. The summed E-state index contributed by atoms with van der Waals surface area (Å²) >= 11 is 0. The predicted molar refractivity (Wildman–Crippen MR) is 58.5 cm³/mol. The molecule has 0 aromatic rings. The van der Waals surface area contributed by atoms with Gasteiger partial charge < -0.3 is 5.11 Å². The summed E-state index contributed by atoms with van der Waals surface area (Å²) in [7, 11) is 0. The van der Waals surface area contributed by atoms with E-state index in [1.54, 1.807) is 18.2 Å². The number of aliphatic hydroxyl groups excluding tert-OH is 1. The van der Waals surface area contributed by atoms with Crippen molar-refractivity contribution in [2.75, 3.05) is 0 Å². The number of hydrogen-bond donors (Lipinski definition) is 1. The number of aliphatic hydroxyl groups is 1. The topological polar surface area (TPSA) is 20.2 Å². The maximum atomic E-state index is 9.59. The molecule has 0 aliphatic carbocycles. The van der Waals surface area contributed by atoms with Crippen LogP contribution in [-0.2, 0) is 0 Å². The van der Waals surface area contributed by atoms with E-state index in [0.717, 1.165) is 6.42 Å². The minimum Gasteiger partial charge on any atom is -0.388 e. The zero-order valence-corrected chi connectivity index (χ0v) is 8.19. The Labute approximate surface area is 80.8 Å². The zero-order valence-electron chi connectivity index (χ0n) is 8.19. The van der Waals surface area contributed by atoms with Gasteiger partial charge in [0.15, 0.2) is 0 Å². The first-order valence-electron chi connectivity index (χ1n) is 4.47.